The number of carbonyl (C=O) groups is 1. The molecule has 1 N–H and O–H groups in total. The van der Waals surface area contributed by atoms with Gasteiger partial charge in [-0.2, -0.15) is 0 Å². The van der Waals surface area contributed by atoms with Crippen LogP contribution in [0.15, 0.2) is 21.1 Å². The van der Waals surface area contributed by atoms with E-state index in [-0.39, 0.29) is 5.91 Å². The third kappa shape index (κ3) is 4.06. The fraction of sp³-hybridized carbons (Fsp3) is 0.556. The number of nitrogens with zero attached hydrogens (tertiary/aromatic N) is 2. The fourth-order valence-corrected chi connectivity index (χ4v) is 3.23. The van der Waals surface area contributed by atoms with Crippen LogP contribution in [0.4, 0.5) is 0 Å². The number of rotatable bonds is 5. The van der Waals surface area contributed by atoms with Crippen LogP contribution in [0.1, 0.15) is 46.2 Å². The maximum atomic E-state index is 12.0. The van der Waals surface area contributed by atoms with E-state index < -0.39 is 0 Å². The summed E-state index contributed by atoms with van der Waals surface area (Å²) >= 11 is 0. The number of likely N-dealkylation sites (tertiary alicyclic amines) is 1. The predicted molar refractivity (Wildman–Crippen MR) is 89.8 cm³/mol. The van der Waals surface area contributed by atoms with Crippen molar-refractivity contribution >= 4 is 5.91 Å². The lowest BCUT2D eigenvalue weighted by atomic mass is 9.96. The van der Waals surface area contributed by atoms with E-state index in [9.17, 15) is 4.79 Å². The van der Waals surface area contributed by atoms with Gasteiger partial charge in [0.05, 0.1) is 0 Å². The second kappa shape index (κ2) is 7.21. The zero-order chi connectivity index (χ0) is 17.1. The van der Waals surface area contributed by atoms with Gasteiger partial charge in [0.2, 0.25) is 0 Å². The molecule has 24 heavy (non-hydrogen) atoms. The number of furan rings is 1. The number of carbonyl (C=O) groups excluding carboxylic acids is 1. The van der Waals surface area contributed by atoms with Crippen molar-refractivity contribution in [3.05, 3.63) is 40.7 Å². The molecule has 2 aromatic rings. The van der Waals surface area contributed by atoms with Crippen LogP contribution in [0.2, 0.25) is 0 Å². The molecular formula is C18H25N3O3. The van der Waals surface area contributed by atoms with Crippen LogP contribution in [0, 0.1) is 26.7 Å². The zero-order valence-corrected chi connectivity index (χ0v) is 14.6. The van der Waals surface area contributed by atoms with E-state index in [0.717, 1.165) is 44.0 Å². The summed E-state index contributed by atoms with van der Waals surface area (Å²) in [5.41, 5.74) is 1.64. The van der Waals surface area contributed by atoms with Crippen LogP contribution in [0.25, 0.3) is 0 Å². The molecule has 130 valence electrons. The number of aryl methyl sites for hydroxylation is 3. The maximum Gasteiger partial charge on any atom is 0.273 e. The largest absolute Gasteiger partial charge is 0.466 e. The molecule has 3 heterocycles. The molecule has 1 amide bonds. The van der Waals surface area contributed by atoms with Crippen molar-refractivity contribution in [3.8, 4) is 0 Å². The van der Waals surface area contributed by atoms with Gasteiger partial charge in [-0.15, -0.1) is 0 Å². The highest BCUT2D eigenvalue weighted by Crippen LogP contribution is 2.21. The van der Waals surface area contributed by atoms with E-state index in [1.165, 1.54) is 5.56 Å². The summed E-state index contributed by atoms with van der Waals surface area (Å²) < 4.78 is 10.5. The first-order valence-corrected chi connectivity index (χ1v) is 8.51. The standard InChI is InChI=1S/C18H25N3O3/c1-12-8-16(14(3)23-12)11-21-6-4-15(5-7-21)10-19-18(22)17-9-13(2)24-20-17/h8-9,15H,4-7,10-11H2,1-3H3,(H,19,22). The molecule has 3 rings (SSSR count). The molecule has 2 aromatic heterocycles. The van der Waals surface area contributed by atoms with Crippen molar-refractivity contribution in [1.29, 1.82) is 0 Å². The highest BCUT2D eigenvalue weighted by molar-refractivity contribution is 5.92. The van der Waals surface area contributed by atoms with Crippen molar-refractivity contribution in [1.82, 2.24) is 15.4 Å². The lowest BCUT2D eigenvalue weighted by Gasteiger charge is -2.31. The van der Waals surface area contributed by atoms with Gasteiger partial charge < -0.3 is 14.3 Å². The summed E-state index contributed by atoms with van der Waals surface area (Å²) in [6.45, 7) is 9.53. The van der Waals surface area contributed by atoms with Crippen molar-refractivity contribution in [2.24, 2.45) is 5.92 Å². The number of piperidine rings is 1. The molecule has 0 aliphatic carbocycles. The smallest absolute Gasteiger partial charge is 0.273 e. The zero-order valence-electron chi connectivity index (χ0n) is 14.6. The van der Waals surface area contributed by atoms with Crippen LogP contribution in [-0.2, 0) is 6.54 Å². The molecule has 0 spiro atoms. The lowest BCUT2D eigenvalue weighted by molar-refractivity contribution is 0.0926. The SMILES string of the molecule is Cc1cc(C(=O)NCC2CCN(Cc3cc(C)oc3C)CC2)no1. The van der Waals surface area contributed by atoms with E-state index in [1.807, 2.05) is 13.8 Å². The summed E-state index contributed by atoms with van der Waals surface area (Å²) in [6, 6.07) is 3.79. The van der Waals surface area contributed by atoms with Crippen molar-refractivity contribution in [2.75, 3.05) is 19.6 Å². The Bertz CT molecular complexity index is 696. The third-order valence-electron chi connectivity index (χ3n) is 4.66. The Morgan fingerprint density at radius 1 is 1.25 bits per heavy atom. The molecule has 0 radical (unpaired) electrons. The molecule has 6 nitrogen and oxygen atoms in total. The molecule has 0 bridgehead atoms. The predicted octanol–water partition coefficient (Wildman–Crippen LogP) is 2.83. The third-order valence-corrected chi connectivity index (χ3v) is 4.66. The van der Waals surface area contributed by atoms with Crippen LogP contribution < -0.4 is 5.32 Å². The molecule has 0 saturated carbocycles. The quantitative estimate of drug-likeness (QED) is 0.912. The number of amides is 1. The highest BCUT2D eigenvalue weighted by Gasteiger charge is 2.21. The van der Waals surface area contributed by atoms with Crippen LogP contribution in [-0.4, -0.2) is 35.6 Å². The molecule has 1 fully saturated rings. The first kappa shape index (κ1) is 16.8. The Kier molecular flexibility index (Phi) is 5.04. The molecule has 6 heteroatoms. The van der Waals surface area contributed by atoms with Gasteiger partial charge in [0.15, 0.2) is 5.69 Å². The Labute approximate surface area is 142 Å². The summed E-state index contributed by atoms with van der Waals surface area (Å²) in [7, 11) is 0. The van der Waals surface area contributed by atoms with Crippen molar-refractivity contribution in [2.45, 2.75) is 40.2 Å². The topological polar surface area (TPSA) is 71.5 Å². The molecule has 1 aliphatic heterocycles. The molecule has 1 aliphatic rings. The average Bonchev–Trinajstić information content (AvgIpc) is 3.12. The monoisotopic (exact) mass is 331 g/mol. The normalized spacial score (nSPS) is 16.5. The second-order valence-electron chi connectivity index (χ2n) is 6.69. The van der Waals surface area contributed by atoms with E-state index in [2.05, 4.69) is 21.4 Å². The van der Waals surface area contributed by atoms with Gasteiger partial charge in [-0.25, -0.2) is 0 Å². The summed E-state index contributed by atoms with van der Waals surface area (Å²) in [4.78, 5) is 14.4. The Hall–Kier alpha value is -2.08. The number of hydrogen-bond acceptors (Lipinski definition) is 5. The van der Waals surface area contributed by atoms with Gasteiger partial charge in [-0.05, 0) is 58.7 Å². The Morgan fingerprint density at radius 2 is 2.00 bits per heavy atom. The average molecular weight is 331 g/mol. The molecule has 0 unspecified atom stereocenters. The van der Waals surface area contributed by atoms with Gasteiger partial charge >= 0.3 is 0 Å². The molecule has 1 saturated heterocycles. The number of hydrogen-bond donors (Lipinski definition) is 1. The minimum atomic E-state index is -0.154. The maximum absolute atomic E-state index is 12.0. The highest BCUT2D eigenvalue weighted by atomic mass is 16.5. The Morgan fingerprint density at radius 3 is 2.58 bits per heavy atom. The van der Waals surface area contributed by atoms with Gasteiger partial charge in [0.1, 0.15) is 17.3 Å². The van der Waals surface area contributed by atoms with Crippen LogP contribution in [0.3, 0.4) is 0 Å². The second-order valence-corrected chi connectivity index (χ2v) is 6.69. The lowest BCUT2D eigenvalue weighted by Crippen LogP contribution is -2.38. The van der Waals surface area contributed by atoms with E-state index in [4.69, 9.17) is 8.94 Å². The summed E-state index contributed by atoms with van der Waals surface area (Å²) in [5, 5.41) is 6.71. The van der Waals surface area contributed by atoms with E-state index >= 15 is 0 Å². The minimum Gasteiger partial charge on any atom is -0.466 e. The first-order chi connectivity index (χ1) is 11.5. The van der Waals surface area contributed by atoms with Crippen LogP contribution >= 0.6 is 0 Å². The van der Waals surface area contributed by atoms with Gasteiger partial charge in [0, 0.05) is 24.7 Å². The Balaban J connectivity index is 1.42. The van der Waals surface area contributed by atoms with Crippen LogP contribution in [0.5, 0.6) is 0 Å². The van der Waals surface area contributed by atoms with Gasteiger partial charge in [-0.3, -0.25) is 9.69 Å². The molecule has 0 aromatic carbocycles. The van der Waals surface area contributed by atoms with Gasteiger partial charge in [0.25, 0.3) is 5.91 Å². The summed E-state index contributed by atoms with van der Waals surface area (Å²) in [5.74, 6) is 3.01. The van der Waals surface area contributed by atoms with Gasteiger partial charge in [-0.1, -0.05) is 5.16 Å². The molecular weight excluding hydrogens is 306 g/mol. The fourth-order valence-electron chi connectivity index (χ4n) is 3.23. The summed E-state index contributed by atoms with van der Waals surface area (Å²) in [6.07, 6.45) is 2.18. The van der Waals surface area contributed by atoms with E-state index in [0.29, 0.717) is 23.9 Å². The van der Waals surface area contributed by atoms with Crippen molar-refractivity contribution in [3.63, 3.8) is 0 Å². The number of nitrogens with one attached hydrogen (secondary N) is 1. The number of aromatic nitrogens is 1. The molecule has 0 atom stereocenters. The van der Waals surface area contributed by atoms with E-state index in [1.54, 1.807) is 13.0 Å². The minimum absolute atomic E-state index is 0.154. The van der Waals surface area contributed by atoms with Crippen molar-refractivity contribution < 1.29 is 13.7 Å². The first-order valence-electron chi connectivity index (χ1n) is 8.51.